The Morgan fingerprint density at radius 2 is 2.20 bits per heavy atom. The minimum Gasteiger partial charge on any atom is -0.314 e. The van der Waals surface area contributed by atoms with Gasteiger partial charge >= 0.3 is 0 Å². The molecule has 1 fully saturated rings. The van der Waals surface area contributed by atoms with Gasteiger partial charge in [-0.05, 0) is 18.2 Å². The zero-order valence-corrected chi connectivity index (χ0v) is 9.96. The van der Waals surface area contributed by atoms with E-state index in [1.807, 2.05) is 29.2 Å². The van der Waals surface area contributed by atoms with Gasteiger partial charge in [0.15, 0.2) is 0 Å². The molecule has 0 spiro atoms. The highest BCUT2D eigenvalue weighted by atomic mass is 79.9. The molecule has 0 saturated carbocycles. The van der Waals surface area contributed by atoms with E-state index >= 15 is 0 Å². The molecule has 1 amide bonds. The monoisotopic (exact) mass is 268 g/mol. The van der Waals surface area contributed by atoms with Crippen molar-refractivity contribution in [2.24, 2.45) is 0 Å². The molecule has 1 aromatic rings. The quantitative estimate of drug-likeness (QED) is 0.842. The fraction of sp³-hybridized carbons (Fsp3) is 0.364. The standard InChI is InChI=1S/C11H13BrN2O/c12-9-2-1-3-10(8-9)14-7-6-13-5-4-11(14)15/h1-3,8,13H,4-7H2. The summed E-state index contributed by atoms with van der Waals surface area (Å²) in [5.41, 5.74) is 0.970. The maximum Gasteiger partial charge on any atom is 0.228 e. The molecule has 1 aromatic carbocycles. The van der Waals surface area contributed by atoms with E-state index in [4.69, 9.17) is 0 Å². The summed E-state index contributed by atoms with van der Waals surface area (Å²) in [6, 6.07) is 7.85. The van der Waals surface area contributed by atoms with Gasteiger partial charge in [-0.3, -0.25) is 4.79 Å². The molecule has 0 aliphatic carbocycles. The number of hydrogen-bond acceptors (Lipinski definition) is 2. The van der Waals surface area contributed by atoms with E-state index in [0.717, 1.165) is 29.8 Å². The van der Waals surface area contributed by atoms with Crippen molar-refractivity contribution >= 4 is 27.5 Å². The van der Waals surface area contributed by atoms with Crippen molar-refractivity contribution in [3.8, 4) is 0 Å². The van der Waals surface area contributed by atoms with Gasteiger partial charge in [-0.1, -0.05) is 22.0 Å². The summed E-state index contributed by atoms with van der Waals surface area (Å²) in [5.74, 6) is 0.193. The topological polar surface area (TPSA) is 32.3 Å². The van der Waals surface area contributed by atoms with Gasteiger partial charge in [-0.15, -0.1) is 0 Å². The van der Waals surface area contributed by atoms with E-state index in [9.17, 15) is 4.79 Å². The van der Waals surface area contributed by atoms with Crippen LogP contribution in [0.1, 0.15) is 6.42 Å². The third-order valence-electron chi connectivity index (χ3n) is 2.45. The second-order valence-corrected chi connectivity index (χ2v) is 4.44. The molecule has 3 nitrogen and oxygen atoms in total. The first-order valence-corrected chi connectivity index (χ1v) is 5.83. The van der Waals surface area contributed by atoms with Crippen molar-refractivity contribution in [1.82, 2.24) is 5.32 Å². The number of carbonyl (C=O) groups excluding carboxylic acids is 1. The highest BCUT2D eigenvalue weighted by Gasteiger charge is 2.17. The van der Waals surface area contributed by atoms with Crippen LogP contribution in [0.5, 0.6) is 0 Å². The predicted octanol–water partition coefficient (Wildman–Crippen LogP) is 1.78. The van der Waals surface area contributed by atoms with Gasteiger partial charge in [0.2, 0.25) is 5.91 Å². The molecule has 0 atom stereocenters. The number of rotatable bonds is 1. The van der Waals surface area contributed by atoms with Gasteiger partial charge < -0.3 is 10.2 Å². The van der Waals surface area contributed by atoms with Crippen molar-refractivity contribution in [3.63, 3.8) is 0 Å². The molecule has 0 radical (unpaired) electrons. The zero-order chi connectivity index (χ0) is 10.7. The molecule has 80 valence electrons. The molecule has 1 aliphatic heterocycles. The Hall–Kier alpha value is -0.870. The summed E-state index contributed by atoms with van der Waals surface area (Å²) >= 11 is 3.41. The van der Waals surface area contributed by atoms with Gasteiger partial charge in [0.05, 0.1) is 0 Å². The Kier molecular flexibility index (Phi) is 3.38. The molecule has 0 bridgehead atoms. The van der Waals surface area contributed by atoms with Crippen LogP contribution in [-0.2, 0) is 4.79 Å². The summed E-state index contributed by atoms with van der Waals surface area (Å²) < 4.78 is 1.00. The second-order valence-electron chi connectivity index (χ2n) is 3.53. The first-order valence-electron chi connectivity index (χ1n) is 5.04. The lowest BCUT2D eigenvalue weighted by Gasteiger charge is -2.20. The number of anilines is 1. The number of nitrogens with one attached hydrogen (secondary N) is 1. The fourth-order valence-corrected chi connectivity index (χ4v) is 2.08. The number of nitrogens with zero attached hydrogens (tertiary/aromatic N) is 1. The lowest BCUT2D eigenvalue weighted by Crippen LogP contribution is -2.32. The van der Waals surface area contributed by atoms with E-state index in [0.29, 0.717) is 6.42 Å². The van der Waals surface area contributed by atoms with Crippen molar-refractivity contribution in [2.45, 2.75) is 6.42 Å². The fourth-order valence-electron chi connectivity index (χ4n) is 1.69. The van der Waals surface area contributed by atoms with Gasteiger partial charge in [0.1, 0.15) is 0 Å². The highest BCUT2D eigenvalue weighted by molar-refractivity contribution is 9.10. The zero-order valence-electron chi connectivity index (χ0n) is 8.37. The van der Waals surface area contributed by atoms with Gasteiger partial charge in [-0.2, -0.15) is 0 Å². The molecule has 1 saturated heterocycles. The molecule has 2 rings (SSSR count). The minimum absolute atomic E-state index is 0.193. The maximum absolute atomic E-state index is 11.8. The summed E-state index contributed by atoms with van der Waals surface area (Å²) in [5, 5.41) is 3.22. The van der Waals surface area contributed by atoms with Crippen LogP contribution in [0.2, 0.25) is 0 Å². The Bertz CT molecular complexity index is 367. The number of carbonyl (C=O) groups is 1. The molecular weight excluding hydrogens is 256 g/mol. The van der Waals surface area contributed by atoms with Gasteiger partial charge in [0.25, 0.3) is 0 Å². The van der Waals surface area contributed by atoms with E-state index in [1.165, 1.54) is 0 Å². The molecule has 0 unspecified atom stereocenters. The van der Waals surface area contributed by atoms with Gasteiger partial charge in [-0.25, -0.2) is 0 Å². The first-order chi connectivity index (χ1) is 7.27. The smallest absolute Gasteiger partial charge is 0.228 e. The van der Waals surface area contributed by atoms with E-state index < -0.39 is 0 Å². The van der Waals surface area contributed by atoms with Crippen LogP contribution in [0.25, 0.3) is 0 Å². The van der Waals surface area contributed by atoms with Crippen LogP contribution in [0.3, 0.4) is 0 Å². The Balaban J connectivity index is 2.24. The Morgan fingerprint density at radius 3 is 3.00 bits per heavy atom. The third kappa shape index (κ3) is 2.58. The molecule has 1 aliphatic rings. The number of amides is 1. The second kappa shape index (κ2) is 4.77. The van der Waals surface area contributed by atoms with Crippen LogP contribution in [-0.4, -0.2) is 25.5 Å². The first kappa shape index (κ1) is 10.6. The largest absolute Gasteiger partial charge is 0.314 e. The summed E-state index contributed by atoms with van der Waals surface area (Å²) in [7, 11) is 0. The number of halogens is 1. The van der Waals surface area contributed by atoms with Crippen LogP contribution < -0.4 is 10.2 Å². The molecular formula is C11H13BrN2O. The molecule has 0 aromatic heterocycles. The van der Waals surface area contributed by atoms with Crippen molar-refractivity contribution in [3.05, 3.63) is 28.7 Å². The van der Waals surface area contributed by atoms with Crippen molar-refractivity contribution in [2.75, 3.05) is 24.5 Å². The Morgan fingerprint density at radius 1 is 1.33 bits per heavy atom. The van der Waals surface area contributed by atoms with Gasteiger partial charge in [0, 0.05) is 36.2 Å². The van der Waals surface area contributed by atoms with Crippen LogP contribution >= 0.6 is 15.9 Å². The number of hydrogen-bond donors (Lipinski definition) is 1. The van der Waals surface area contributed by atoms with Crippen LogP contribution in [0, 0.1) is 0 Å². The molecule has 15 heavy (non-hydrogen) atoms. The molecule has 4 heteroatoms. The summed E-state index contributed by atoms with van der Waals surface area (Å²) in [6.07, 6.45) is 0.576. The maximum atomic E-state index is 11.8. The summed E-state index contributed by atoms with van der Waals surface area (Å²) in [6.45, 7) is 2.39. The Labute approximate surface area is 97.6 Å². The SMILES string of the molecule is O=C1CCNCCN1c1cccc(Br)c1. The molecule has 1 N–H and O–H groups in total. The normalized spacial score (nSPS) is 17.7. The highest BCUT2D eigenvalue weighted by Crippen LogP contribution is 2.20. The van der Waals surface area contributed by atoms with Crippen LogP contribution in [0.15, 0.2) is 28.7 Å². The average molecular weight is 269 g/mol. The van der Waals surface area contributed by atoms with E-state index in [2.05, 4.69) is 21.2 Å². The van der Waals surface area contributed by atoms with E-state index in [-0.39, 0.29) is 5.91 Å². The van der Waals surface area contributed by atoms with Crippen molar-refractivity contribution in [1.29, 1.82) is 0 Å². The minimum atomic E-state index is 0.193. The average Bonchev–Trinajstić information content (AvgIpc) is 2.43. The summed E-state index contributed by atoms with van der Waals surface area (Å²) in [4.78, 5) is 13.6. The van der Waals surface area contributed by atoms with E-state index in [1.54, 1.807) is 0 Å². The lowest BCUT2D eigenvalue weighted by molar-refractivity contribution is -0.118. The lowest BCUT2D eigenvalue weighted by atomic mass is 10.2. The predicted molar refractivity (Wildman–Crippen MR) is 64.0 cm³/mol. The third-order valence-corrected chi connectivity index (χ3v) is 2.94. The van der Waals surface area contributed by atoms with Crippen molar-refractivity contribution < 1.29 is 4.79 Å². The molecule has 1 heterocycles. The van der Waals surface area contributed by atoms with Crippen LogP contribution in [0.4, 0.5) is 5.69 Å². The number of benzene rings is 1.